The largest absolute Gasteiger partial charge is 0.493 e. The van der Waals surface area contributed by atoms with Crippen molar-refractivity contribution in [3.8, 4) is 28.7 Å². The van der Waals surface area contributed by atoms with Crippen LogP contribution in [0.5, 0.6) is 17.2 Å². The molecule has 0 aliphatic heterocycles. The van der Waals surface area contributed by atoms with E-state index in [-0.39, 0.29) is 11.5 Å². The number of benzene rings is 1. The van der Waals surface area contributed by atoms with Gasteiger partial charge >= 0.3 is 0 Å². The van der Waals surface area contributed by atoms with E-state index >= 15 is 0 Å². The Morgan fingerprint density at radius 2 is 1.72 bits per heavy atom. The van der Waals surface area contributed by atoms with Crippen LogP contribution in [0.25, 0.3) is 11.5 Å². The van der Waals surface area contributed by atoms with E-state index < -0.39 is 0 Å². The first-order chi connectivity index (χ1) is 13.9. The standard InChI is InChI=1S/C20H23N3O5S/c1-11-7-14(12(2)23(11)3)15(24)10-29-20-22-21-19(28-20)13-8-16(25-4)18(27-6)17(9-13)26-5/h7-9H,10H2,1-6H3. The third-order valence-electron chi connectivity index (χ3n) is 4.72. The number of ketones is 1. The fraction of sp³-hybridized carbons (Fsp3) is 0.350. The van der Waals surface area contributed by atoms with Gasteiger partial charge in [-0.15, -0.1) is 10.2 Å². The molecule has 0 unspecified atom stereocenters. The van der Waals surface area contributed by atoms with Crippen LogP contribution in [0.4, 0.5) is 0 Å². The van der Waals surface area contributed by atoms with Gasteiger partial charge in [-0.05, 0) is 32.0 Å². The Kier molecular flexibility index (Phi) is 6.17. The molecule has 0 fully saturated rings. The normalized spacial score (nSPS) is 10.8. The summed E-state index contributed by atoms with van der Waals surface area (Å²) in [6, 6.07) is 5.35. The lowest BCUT2D eigenvalue weighted by Crippen LogP contribution is -2.04. The first-order valence-electron chi connectivity index (χ1n) is 8.82. The lowest BCUT2D eigenvalue weighted by atomic mass is 10.2. The predicted octanol–water partition coefficient (Wildman–Crippen LogP) is 3.69. The van der Waals surface area contributed by atoms with Crippen molar-refractivity contribution >= 4 is 17.5 Å². The van der Waals surface area contributed by atoms with Crippen molar-refractivity contribution in [3.05, 3.63) is 35.2 Å². The van der Waals surface area contributed by atoms with E-state index in [4.69, 9.17) is 18.6 Å². The number of ether oxygens (including phenoxy) is 3. The van der Waals surface area contributed by atoms with Crippen molar-refractivity contribution in [3.63, 3.8) is 0 Å². The third kappa shape index (κ3) is 4.09. The number of methoxy groups -OCH3 is 3. The van der Waals surface area contributed by atoms with Crippen molar-refractivity contribution in [2.75, 3.05) is 27.1 Å². The van der Waals surface area contributed by atoms with Gasteiger partial charge in [-0.1, -0.05) is 11.8 Å². The summed E-state index contributed by atoms with van der Waals surface area (Å²) in [6.07, 6.45) is 0. The van der Waals surface area contributed by atoms with E-state index in [9.17, 15) is 4.79 Å². The highest BCUT2D eigenvalue weighted by Gasteiger charge is 2.19. The Bertz CT molecular complexity index is 1020. The molecule has 29 heavy (non-hydrogen) atoms. The van der Waals surface area contributed by atoms with E-state index in [2.05, 4.69) is 10.2 Å². The van der Waals surface area contributed by atoms with E-state index in [0.29, 0.717) is 39.5 Å². The molecule has 2 heterocycles. The molecule has 0 N–H and O–H groups in total. The highest BCUT2D eigenvalue weighted by atomic mass is 32.2. The number of hydrogen-bond donors (Lipinski definition) is 0. The van der Waals surface area contributed by atoms with Crippen LogP contribution in [0, 0.1) is 13.8 Å². The van der Waals surface area contributed by atoms with Crippen molar-refractivity contribution in [2.24, 2.45) is 7.05 Å². The van der Waals surface area contributed by atoms with Gasteiger partial charge in [-0.25, -0.2) is 0 Å². The lowest BCUT2D eigenvalue weighted by Gasteiger charge is -2.12. The molecule has 1 aromatic carbocycles. The maximum atomic E-state index is 12.5. The Hall–Kier alpha value is -2.94. The molecular weight excluding hydrogens is 394 g/mol. The first-order valence-corrected chi connectivity index (χ1v) is 9.81. The molecule has 0 aliphatic carbocycles. The SMILES string of the molecule is COc1cc(-c2nnc(SCC(=O)c3cc(C)n(C)c3C)o2)cc(OC)c1OC. The van der Waals surface area contributed by atoms with Crippen molar-refractivity contribution in [2.45, 2.75) is 19.1 Å². The molecule has 0 saturated heterocycles. The summed E-state index contributed by atoms with van der Waals surface area (Å²) < 4.78 is 23.7. The van der Waals surface area contributed by atoms with E-state index in [1.165, 1.54) is 33.1 Å². The molecule has 2 aromatic heterocycles. The summed E-state index contributed by atoms with van der Waals surface area (Å²) in [5.41, 5.74) is 3.32. The van der Waals surface area contributed by atoms with Gasteiger partial charge in [0.1, 0.15) is 0 Å². The monoisotopic (exact) mass is 417 g/mol. The highest BCUT2D eigenvalue weighted by molar-refractivity contribution is 7.99. The van der Waals surface area contributed by atoms with Crippen LogP contribution in [0.1, 0.15) is 21.7 Å². The van der Waals surface area contributed by atoms with Gasteiger partial charge in [0.05, 0.1) is 27.1 Å². The molecule has 8 nitrogen and oxygen atoms in total. The van der Waals surface area contributed by atoms with Gasteiger partial charge in [-0.3, -0.25) is 4.79 Å². The molecule has 0 radical (unpaired) electrons. The van der Waals surface area contributed by atoms with E-state index in [1.54, 1.807) is 12.1 Å². The van der Waals surface area contributed by atoms with E-state index in [0.717, 1.165) is 11.4 Å². The zero-order valence-corrected chi connectivity index (χ0v) is 18.0. The number of Topliss-reactive ketones (excluding diaryl/α,β-unsaturated/α-hetero) is 1. The minimum atomic E-state index is 0.0173. The van der Waals surface area contributed by atoms with Crippen LogP contribution in [0.2, 0.25) is 0 Å². The van der Waals surface area contributed by atoms with Crippen molar-refractivity contribution < 1.29 is 23.4 Å². The molecule has 3 rings (SSSR count). The van der Waals surface area contributed by atoms with Crippen molar-refractivity contribution in [1.82, 2.24) is 14.8 Å². The molecule has 3 aromatic rings. The summed E-state index contributed by atoms with van der Waals surface area (Å²) in [4.78, 5) is 12.5. The zero-order chi connectivity index (χ0) is 21.1. The van der Waals surface area contributed by atoms with Gasteiger partial charge in [-0.2, -0.15) is 0 Å². The third-order valence-corrected chi connectivity index (χ3v) is 5.54. The number of aryl methyl sites for hydroxylation is 1. The number of carbonyl (C=O) groups excluding carboxylic acids is 1. The number of rotatable bonds is 8. The van der Waals surface area contributed by atoms with Crippen LogP contribution < -0.4 is 14.2 Å². The number of nitrogens with zero attached hydrogens (tertiary/aromatic N) is 3. The Morgan fingerprint density at radius 3 is 2.24 bits per heavy atom. The maximum Gasteiger partial charge on any atom is 0.277 e. The van der Waals surface area contributed by atoms with Crippen LogP contribution in [-0.2, 0) is 7.05 Å². The molecule has 0 atom stereocenters. The summed E-state index contributed by atoms with van der Waals surface area (Å²) in [5, 5.41) is 8.42. The van der Waals surface area contributed by atoms with Crippen LogP contribution in [-0.4, -0.2) is 47.6 Å². The lowest BCUT2D eigenvalue weighted by molar-refractivity contribution is 0.102. The fourth-order valence-electron chi connectivity index (χ4n) is 2.93. The van der Waals surface area contributed by atoms with Gasteiger partial charge < -0.3 is 23.2 Å². The molecule has 0 bridgehead atoms. The van der Waals surface area contributed by atoms with Gasteiger partial charge in [0.2, 0.25) is 11.6 Å². The average molecular weight is 417 g/mol. The first kappa shape index (κ1) is 20.8. The van der Waals surface area contributed by atoms with Crippen LogP contribution in [0.3, 0.4) is 0 Å². The van der Waals surface area contributed by atoms with Gasteiger partial charge in [0, 0.05) is 29.6 Å². The molecule has 154 valence electrons. The Morgan fingerprint density at radius 1 is 1.07 bits per heavy atom. The summed E-state index contributed by atoms with van der Waals surface area (Å²) in [5.74, 6) is 1.97. The average Bonchev–Trinajstić information content (AvgIpc) is 3.31. The van der Waals surface area contributed by atoms with Crippen LogP contribution >= 0.6 is 11.8 Å². The summed E-state index contributed by atoms with van der Waals surface area (Å²) in [6.45, 7) is 3.90. The van der Waals surface area contributed by atoms with Crippen molar-refractivity contribution in [1.29, 1.82) is 0 Å². The van der Waals surface area contributed by atoms with Gasteiger partial charge in [0.15, 0.2) is 17.3 Å². The molecule has 0 spiro atoms. The zero-order valence-electron chi connectivity index (χ0n) is 17.2. The predicted molar refractivity (Wildman–Crippen MR) is 109 cm³/mol. The Labute approximate surface area is 173 Å². The minimum absolute atomic E-state index is 0.0173. The van der Waals surface area contributed by atoms with Gasteiger partial charge in [0.25, 0.3) is 5.22 Å². The fourth-order valence-corrected chi connectivity index (χ4v) is 3.58. The molecular formula is C20H23N3O5S. The number of thioether (sulfide) groups is 1. The van der Waals surface area contributed by atoms with Crippen LogP contribution in [0.15, 0.2) is 27.8 Å². The second-order valence-electron chi connectivity index (χ2n) is 6.34. The Balaban J connectivity index is 1.77. The smallest absolute Gasteiger partial charge is 0.277 e. The molecule has 9 heteroatoms. The van der Waals surface area contributed by atoms with E-state index in [1.807, 2.05) is 31.5 Å². The summed E-state index contributed by atoms with van der Waals surface area (Å²) >= 11 is 1.20. The number of aromatic nitrogens is 3. The minimum Gasteiger partial charge on any atom is -0.493 e. The quantitative estimate of drug-likeness (QED) is 0.405. The second-order valence-corrected chi connectivity index (χ2v) is 7.27. The second kappa shape index (κ2) is 8.60. The number of hydrogen-bond acceptors (Lipinski definition) is 8. The molecule has 0 saturated carbocycles. The topological polar surface area (TPSA) is 88.6 Å². The molecule has 0 amide bonds. The molecule has 0 aliphatic rings. The highest BCUT2D eigenvalue weighted by Crippen LogP contribution is 2.41. The maximum absolute atomic E-state index is 12.5. The number of carbonyl (C=O) groups is 1. The summed E-state index contributed by atoms with van der Waals surface area (Å²) in [7, 11) is 6.55.